The van der Waals surface area contributed by atoms with Gasteiger partial charge >= 0.3 is 0 Å². The molecule has 0 aliphatic heterocycles. The van der Waals surface area contributed by atoms with Crippen molar-refractivity contribution < 1.29 is 8.42 Å². The molecule has 0 radical (unpaired) electrons. The highest BCUT2D eigenvalue weighted by Gasteiger charge is 2.27. The van der Waals surface area contributed by atoms with Crippen LogP contribution in [0.15, 0.2) is 0 Å². The summed E-state index contributed by atoms with van der Waals surface area (Å²) in [7, 11) is -3.00. The first kappa shape index (κ1) is 12.3. The van der Waals surface area contributed by atoms with Gasteiger partial charge in [-0.15, -0.1) is 0 Å². The van der Waals surface area contributed by atoms with Crippen LogP contribution in [0, 0.1) is 0 Å². The summed E-state index contributed by atoms with van der Waals surface area (Å²) in [6, 6.07) is 0.184. The van der Waals surface area contributed by atoms with Gasteiger partial charge in [-0.3, -0.25) is 0 Å². The monoisotopic (exact) mass is 237 g/mol. The molecule has 0 saturated heterocycles. The van der Waals surface area contributed by atoms with Crippen molar-refractivity contribution >= 4 is 21.8 Å². The molecule has 1 N–H and O–H groups in total. The lowest BCUT2D eigenvalue weighted by Crippen LogP contribution is -2.34. The number of thioether (sulfide) groups is 1. The van der Waals surface area contributed by atoms with Crippen LogP contribution in [0.4, 0.5) is 0 Å². The van der Waals surface area contributed by atoms with Crippen molar-refractivity contribution in [3.05, 3.63) is 0 Å². The van der Waals surface area contributed by atoms with Gasteiger partial charge in [0, 0.05) is 11.3 Å². The van der Waals surface area contributed by atoms with E-state index in [9.17, 15) is 8.42 Å². The molecule has 1 fully saturated rings. The Morgan fingerprint density at radius 3 is 2.64 bits per heavy atom. The number of sulfonamides is 1. The molecular weight excluding hydrogens is 218 g/mol. The van der Waals surface area contributed by atoms with Crippen LogP contribution in [-0.2, 0) is 10.0 Å². The van der Waals surface area contributed by atoms with Crippen LogP contribution in [0.1, 0.15) is 33.1 Å². The first-order chi connectivity index (χ1) is 6.57. The molecule has 0 aromatic carbocycles. The minimum Gasteiger partial charge on any atom is -0.212 e. The molecule has 84 valence electrons. The number of hydrogen-bond donors (Lipinski definition) is 1. The zero-order valence-electron chi connectivity index (χ0n) is 8.82. The summed E-state index contributed by atoms with van der Waals surface area (Å²) >= 11 is 1.94. The molecule has 1 aliphatic carbocycles. The Morgan fingerprint density at radius 1 is 1.36 bits per heavy atom. The minimum atomic E-state index is -3.00. The summed E-state index contributed by atoms with van der Waals surface area (Å²) in [5.41, 5.74) is 0. The molecule has 3 nitrogen and oxygen atoms in total. The third-order valence-corrected chi connectivity index (χ3v) is 5.20. The summed E-state index contributed by atoms with van der Waals surface area (Å²) in [6.45, 7) is 3.82. The average molecular weight is 237 g/mol. The zero-order valence-corrected chi connectivity index (χ0v) is 10.5. The number of hydrogen-bond acceptors (Lipinski definition) is 3. The van der Waals surface area contributed by atoms with Crippen molar-refractivity contribution in [1.29, 1.82) is 0 Å². The van der Waals surface area contributed by atoms with Gasteiger partial charge in [-0.25, -0.2) is 13.1 Å². The topological polar surface area (TPSA) is 46.2 Å². The standard InChI is InChI=1S/C9H19NO2S2/c1-3-13-9-6-5-8(7-9)10-14(11,12)4-2/h8-10H,3-7H2,1-2H3. The highest BCUT2D eigenvalue weighted by atomic mass is 32.2. The van der Waals surface area contributed by atoms with Crippen molar-refractivity contribution in [1.82, 2.24) is 4.72 Å². The van der Waals surface area contributed by atoms with Gasteiger partial charge in [0.15, 0.2) is 0 Å². The minimum absolute atomic E-state index is 0.184. The molecular formula is C9H19NO2S2. The van der Waals surface area contributed by atoms with Gasteiger partial charge in [0.2, 0.25) is 10.0 Å². The average Bonchev–Trinajstić information content (AvgIpc) is 2.53. The summed E-state index contributed by atoms with van der Waals surface area (Å²) in [5.74, 6) is 1.31. The molecule has 1 rings (SSSR count). The molecule has 14 heavy (non-hydrogen) atoms. The maximum atomic E-state index is 11.3. The van der Waals surface area contributed by atoms with Gasteiger partial charge < -0.3 is 0 Å². The fraction of sp³-hybridized carbons (Fsp3) is 1.00. The van der Waals surface area contributed by atoms with Crippen molar-refractivity contribution in [3.63, 3.8) is 0 Å². The van der Waals surface area contributed by atoms with E-state index in [0.717, 1.165) is 25.0 Å². The molecule has 5 heteroatoms. The van der Waals surface area contributed by atoms with Crippen molar-refractivity contribution in [2.45, 2.75) is 44.4 Å². The third kappa shape index (κ3) is 3.79. The van der Waals surface area contributed by atoms with E-state index in [1.807, 2.05) is 11.8 Å². The predicted molar refractivity (Wildman–Crippen MR) is 62.2 cm³/mol. The second-order valence-corrected chi connectivity index (χ2v) is 7.23. The van der Waals surface area contributed by atoms with E-state index in [4.69, 9.17) is 0 Å². The molecule has 1 aliphatic rings. The maximum Gasteiger partial charge on any atom is 0.211 e. The van der Waals surface area contributed by atoms with Crippen molar-refractivity contribution in [3.8, 4) is 0 Å². The van der Waals surface area contributed by atoms with E-state index >= 15 is 0 Å². The Bertz CT molecular complexity index is 264. The van der Waals surface area contributed by atoms with Crippen LogP contribution in [0.5, 0.6) is 0 Å². The molecule has 0 aromatic heterocycles. The van der Waals surface area contributed by atoms with E-state index in [1.54, 1.807) is 6.92 Å². The molecule has 1 saturated carbocycles. The van der Waals surface area contributed by atoms with E-state index in [-0.39, 0.29) is 11.8 Å². The van der Waals surface area contributed by atoms with Crippen molar-refractivity contribution in [2.75, 3.05) is 11.5 Å². The normalized spacial score (nSPS) is 28.1. The van der Waals surface area contributed by atoms with Crippen LogP contribution in [0.25, 0.3) is 0 Å². The zero-order chi connectivity index (χ0) is 10.6. The Balaban J connectivity index is 2.36. The van der Waals surface area contributed by atoms with Crippen LogP contribution in [0.3, 0.4) is 0 Å². The van der Waals surface area contributed by atoms with Gasteiger partial charge in [-0.2, -0.15) is 11.8 Å². The SMILES string of the molecule is CCSC1CCC(NS(=O)(=O)CC)C1. The van der Waals surface area contributed by atoms with Crippen LogP contribution in [0.2, 0.25) is 0 Å². The summed E-state index contributed by atoms with van der Waals surface area (Å²) in [4.78, 5) is 0. The highest BCUT2D eigenvalue weighted by Crippen LogP contribution is 2.29. The fourth-order valence-electron chi connectivity index (χ4n) is 1.77. The van der Waals surface area contributed by atoms with E-state index in [0.29, 0.717) is 5.25 Å². The smallest absolute Gasteiger partial charge is 0.211 e. The van der Waals surface area contributed by atoms with E-state index < -0.39 is 10.0 Å². The largest absolute Gasteiger partial charge is 0.212 e. The highest BCUT2D eigenvalue weighted by molar-refractivity contribution is 7.99. The van der Waals surface area contributed by atoms with Gasteiger partial charge in [0.1, 0.15) is 0 Å². The Kier molecular flexibility index (Phi) is 4.73. The van der Waals surface area contributed by atoms with E-state index in [1.165, 1.54) is 0 Å². The summed E-state index contributed by atoms with van der Waals surface area (Å²) in [6.07, 6.45) is 3.14. The lowest BCUT2D eigenvalue weighted by atomic mass is 10.3. The Hall–Kier alpha value is 0.260. The van der Waals surface area contributed by atoms with Gasteiger partial charge in [-0.05, 0) is 31.9 Å². The first-order valence-electron chi connectivity index (χ1n) is 5.19. The molecule has 0 spiro atoms. The molecule has 0 heterocycles. The van der Waals surface area contributed by atoms with Gasteiger partial charge in [-0.1, -0.05) is 6.92 Å². The lowest BCUT2D eigenvalue weighted by molar-refractivity contribution is 0.554. The molecule has 2 atom stereocenters. The van der Waals surface area contributed by atoms with Crippen LogP contribution in [-0.4, -0.2) is 31.2 Å². The predicted octanol–water partition coefficient (Wildman–Crippen LogP) is 1.60. The third-order valence-electron chi connectivity index (χ3n) is 2.51. The molecule has 0 amide bonds. The van der Waals surface area contributed by atoms with Crippen LogP contribution < -0.4 is 4.72 Å². The number of rotatable bonds is 5. The van der Waals surface area contributed by atoms with Gasteiger partial charge in [0.05, 0.1) is 5.75 Å². The maximum absolute atomic E-state index is 11.3. The summed E-state index contributed by atoms with van der Waals surface area (Å²) in [5, 5.41) is 0.657. The first-order valence-corrected chi connectivity index (χ1v) is 7.89. The van der Waals surface area contributed by atoms with Crippen molar-refractivity contribution in [2.24, 2.45) is 0 Å². The lowest BCUT2D eigenvalue weighted by Gasteiger charge is -2.12. The fourth-order valence-corrected chi connectivity index (χ4v) is 3.80. The Labute approximate surface area is 91.1 Å². The molecule has 0 bridgehead atoms. The van der Waals surface area contributed by atoms with Gasteiger partial charge in [0.25, 0.3) is 0 Å². The second kappa shape index (κ2) is 5.37. The molecule has 0 aromatic rings. The summed E-state index contributed by atoms with van der Waals surface area (Å²) < 4.78 is 25.4. The quantitative estimate of drug-likeness (QED) is 0.790. The van der Waals surface area contributed by atoms with E-state index in [2.05, 4.69) is 11.6 Å². The number of nitrogens with one attached hydrogen (secondary N) is 1. The van der Waals surface area contributed by atoms with Crippen LogP contribution >= 0.6 is 11.8 Å². The molecule has 2 unspecified atom stereocenters. The second-order valence-electron chi connectivity index (χ2n) is 3.61. The Morgan fingerprint density at radius 2 is 2.07 bits per heavy atom.